The van der Waals surface area contributed by atoms with Crippen molar-refractivity contribution in [2.45, 2.75) is 71.8 Å². The number of carbonyl (C=O) groups excluding carboxylic acids is 1. The van der Waals surface area contributed by atoms with Crippen LogP contribution in [0.1, 0.15) is 65.7 Å². The fourth-order valence-corrected chi connectivity index (χ4v) is 7.11. The first-order valence-electron chi connectivity index (χ1n) is 10.0. The molecule has 7 heteroatoms. The Morgan fingerprint density at radius 3 is 2.70 bits per heavy atom. The standard InChI is InChI=1S/C20H30O6S/c1-18(9-10-25-27(22,23)24)8-5-14-13(12-18)11-15-16-19(14,2)6-4-7-20(16,3)17(21)26-15/h11,14-16H,4-10,12H2,1-3H3,(H,22,23,24)/t14-,15+,16+,18+,19+,20-/m0/s1. The second kappa shape index (κ2) is 6.04. The molecule has 0 amide bonds. The van der Waals surface area contributed by atoms with E-state index in [9.17, 15) is 13.2 Å². The molecule has 27 heavy (non-hydrogen) atoms. The van der Waals surface area contributed by atoms with Gasteiger partial charge in [0.05, 0.1) is 12.0 Å². The average Bonchev–Trinajstić information content (AvgIpc) is 2.77. The van der Waals surface area contributed by atoms with E-state index >= 15 is 0 Å². The molecule has 6 nitrogen and oxygen atoms in total. The molecule has 1 heterocycles. The van der Waals surface area contributed by atoms with Crippen molar-refractivity contribution in [3.05, 3.63) is 11.6 Å². The van der Waals surface area contributed by atoms with Gasteiger partial charge < -0.3 is 4.74 Å². The first kappa shape index (κ1) is 19.4. The smallest absolute Gasteiger partial charge is 0.397 e. The summed E-state index contributed by atoms with van der Waals surface area (Å²) in [5, 5.41) is 0. The lowest BCUT2D eigenvalue weighted by Crippen LogP contribution is -2.53. The lowest BCUT2D eigenvalue weighted by molar-refractivity contribution is -0.148. The number of hydrogen-bond donors (Lipinski definition) is 1. The molecule has 0 aromatic carbocycles. The van der Waals surface area contributed by atoms with Crippen molar-refractivity contribution in [3.8, 4) is 0 Å². The SMILES string of the molecule is C[C@]1(CCOS(=O)(=O)O)CC[C@H]2C(=C[C@H]3OC(=O)[C@@]4(C)CCC[C@@]2(C)[C@@H]34)C1. The molecule has 0 aromatic heterocycles. The zero-order valence-electron chi connectivity index (χ0n) is 16.4. The maximum Gasteiger partial charge on any atom is 0.397 e. The monoisotopic (exact) mass is 398 g/mol. The predicted molar refractivity (Wildman–Crippen MR) is 99.1 cm³/mol. The molecule has 4 rings (SSSR count). The number of carbonyl (C=O) groups is 1. The van der Waals surface area contributed by atoms with Crippen LogP contribution < -0.4 is 0 Å². The van der Waals surface area contributed by atoms with Crippen LogP contribution in [0.3, 0.4) is 0 Å². The third kappa shape index (κ3) is 3.06. The molecular weight excluding hydrogens is 368 g/mol. The molecule has 0 unspecified atom stereocenters. The Balaban J connectivity index is 1.58. The first-order valence-corrected chi connectivity index (χ1v) is 11.4. The number of allylic oxidation sites excluding steroid dienone is 1. The van der Waals surface area contributed by atoms with Gasteiger partial charge in [-0.1, -0.05) is 25.8 Å². The summed E-state index contributed by atoms with van der Waals surface area (Å²) in [6, 6.07) is 0. The second-order valence-corrected chi connectivity index (χ2v) is 11.0. The van der Waals surface area contributed by atoms with Gasteiger partial charge in [0.1, 0.15) is 6.10 Å². The van der Waals surface area contributed by atoms with Crippen molar-refractivity contribution >= 4 is 16.4 Å². The van der Waals surface area contributed by atoms with Crippen LogP contribution in [0.4, 0.5) is 0 Å². The molecule has 0 aromatic rings. The van der Waals surface area contributed by atoms with Crippen LogP contribution in [0, 0.1) is 28.1 Å². The van der Waals surface area contributed by atoms with Gasteiger partial charge >= 0.3 is 16.4 Å². The summed E-state index contributed by atoms with van der Waals surface area (Å²) in [4.78, 5) is 12.6. The molecule has 4 aliphatic rings. The molecule has 3 aliphatic carbocycles. The fourth-order valence-electron chi connectivity index (χ4n) is 6.82. The Morgan fingerprint density at radius 2 is 2.00 bits per heavy atom. The highest BCUT2D eigenvalue weighted by molar-refractivity contribution is 7.80. The highest BCUT2D eigenvalue weighted by Gasteiger charge is 2.66. The largest absolute Gasteiger partial charge is 0.457 e. The van der Waals surface area contributed by atoms with Gasteiger partial charge in [0, 0.05) is 5.92 Å². The third-order valence-corrected chi connectivity index (χ3v) is 8.54. The predicted octanol–water partition coefficient (Wildman–Crippen LogP) is 3.68. The van der Waals surface area contributed by atoms with Gasteiger partial charge in [-0.2, -0.15) is 8.42 Å². The van der Waals surface area contributed by atoms with Crippen LogP contribution in [-0.4, -0.2) is 31.7 Å². The van der Waals surface area contributed by atoms with E-state index in [1.807, 2.05) is 0 Å². The quantitative estimate of drug-likeness (QED) is 0.441. The van der Waals surface area contributed by atoms with E-state index in [2.05, 4.69) is 31.0 Å². The molecule has 0 radical (unpaired) electrons. The molecule has 1 N–H and O–H groups in total. The van der Waals surface area contributed by atoms with E-state index < -0.39 is 10.4 Å². The molecule has 1 saturated heterocycles. The number of ether oxygens (including phenoxy) is 1. The zero-order valence-corrected chi connectivity index (χ0v) is 17.2. The first-order chi connectivity index (χ1) is 12.5. The highest BCUT2D eigenvalue weighted by atomic mass is 32.3. The third-order valence-electron chi connectivity index (χ3n) is 8.07. The lowest BCUT2D eigenvalue weighted by atomic mass is 9.45. The van der Waals surface area contributed by atoms with Crippen LogP contribution in [0.25, 0.3) is 0 Å². The summed E-state index contributed by atoms with van der Waals surface area (Å²) >= 11 is 0. The van der Waals surface area contributed by atoms with Gasteiger partial charge in [-0.05, 0) is 68.3 Å². The van der Waals surface area contributed by atoms with Crippen LogP contribution in [-0.2, 0) is 24.1 Å². The topological polar surface area (TPSA) is 89.9 Å². The van der Waals surface area contributed by atoms with Gasteiger partial charge in [-0.3, -0.25) is 9.35 Å². The summed E-state index contributed by atoms with van der Waals surface area (Å²) in [7, 11) is -4.39. The minimum Gasteiger partial charge on any atom is -0.457 e. The number of esters is 1. The second-order valence-electron chi connectivity index (χ2n) is 9.94. The van der Waals surface area contributed by atoms with Crippen LogP contribution in [0.15, 0.2) is 11.6 Å². The molecule has 3 fully saturated rings. The van der Waals surface area contributed by atoms with E-state index in [4.69, 9.17) is 9.29 Å². The summed E-state index contributed by atoms with van der Waals surface area (Å²) in [6.45, 7) is 6.59. The normalized spacial score (nSPS) is 46.3. The van der Waals surface area contributed by atoms with Crippen molar-refractivity contribution in [2.24, 2.45) is 28.1 Å². The maximum absolute atomic E-state index is 12.6. The van der Waals surface area contributed by atoms with Gasteiger partial charge in [0.25, 0.3) is 0 Å². The molecule has 1 aliphatic heterocycles. The van der Waals surface area contributed by atoms with Crippen molar-refractivity contribution in [2.75, 3.05) is 6.61 Å². The van der Waals surface area contributed by atoms with Crippen LogP contribution in [0.2, 0.25) is 0 Å². The minimum atomic E-state index is -4.39. The zero-order chi connectivity index (χ0) is 19.7. The van der Waals surface area contributed by atoms with Gasteiger partial charge in [0.2, 0.25) is 0 Å². The molecule has 0 bridgehead atoms. The molecule has 2 saturated carbocycles. The van der Waals surface area contributed by atoms with Gasteiger partial charge in [-0.25, -0.2) is 4.18 Å². The van der Waals surface area contributed by atoms with Crippen LogP contribution in [0.5, 0.6) is 0 Å². The number of hydrogen-bond acceptors (Lipinski definition) is 5. The van der Waals surface area contributed by atoms with Crippen LogP contribution >= 0.6 is 0 Å². The van der Waals surface area contributed by atoms with E-state index in [1.165, 1.54) is 5.57 Å². The van der Waals surface area contributed by atoms with Crippen molar-refractivity contribution in [1.29, 1.82) is 0 Å². The minimum absolute atomic E-state index is 0.0103. The van der Waals surface area contributed by atoms with Gasteiger partial charge in [-0.15, -0.1) is 0 Å². The fraction of sp³-hybridized carbons (Fsp3) is 0.850. The van der Waals surface area contributed by atoms with Gasteiger partial charge in [0.15, 0.2) is 0 Å². The van der Waals surface area contributed by atoms with E-state index in [0.29, 0.717) is 12.3 Å². The Labute approximate surface area is 161 Å². The summed E-state index contributed by atoms with van der Waals surface area (Å²) in [5.74, 6) is 0.680. The number of rotatable bonds is 4. The Bertz CT molecular complexity index is 788. The summed E-state index contributed by atoms with van der Waals surface area (Å²) in [5.41, 5.74) is 1.01. The Kier molecular flexibility index (Phi) is 4.34. The van der Waals surface area contributed by atoms with Crippen molar-refractivity contribution in [3.63, 3.8) is 0 Å². The number of fused-ring (bicyclic) bond motifs is 2. The molecule has 0 spiro atoms. The maximum atomic E-state index is 12.6. The van der Waals surface area contributed by atoms with Crippen molar-refractivity contribution in [1.82, 2.24) is 0 Å². The molecule has 6 atom stereocenters. The highest BCUT2D eigenvalue weighted by Crippen LogP contribution is 2.66. The Hall–Kier alpha value is -0.920. The lowest BCUT2D eigenvalue weighted by Gasteiger charge is -2.57. The van der Waals surface area contributed by atoms with Crippen molar-refractivity contribution < 1.29 is 26.7 Å². The van der Waals surface area contributed by atoms with E-state index in [-0.39, 0.29) is 40.8 Å². The van der Waals surface area contributed by atoms with E-state index in [0.717, 1.165) is 38.5 Å². The molecule has 152 valence electrons. The van der Waals surface area contributed by atoms with E-state index in [1.54, 1.807) is 0 Å². The molecular formula is C20H30O6S. The summed E-state index contributed by atoms with van der Waals surface area (Å²) in [6.07, 6.45) is 8.64. The Morgan fingerprint density at radius 1 is 1.26 bits per heavy atom. The summed E-state index contributed by atoms with van der Waals surface area (Å²) < 4.78 is 40.8. The average molecular weight is 399 g/mol.